The van der Waals surface area contributed by atoms with Crippen LogP contribution in [0.2, 0.25) is 0 Å². The molecule has 0 spiro atoms. The highest BCUT2D eigenvalue weighted by Crippen LogP contribution is 2.23. The van der Waals surface area contributed by atoms with Gasteiger partial charge in [0.25, 0.3) is 0 Å². The Morgan fingerprint density at radius 1 is 1.11 bits per heavy atom. The Morgan fingerprint density at radius 3 is 2.37 bits per heavy atom. The van der Waals surface area contributed by atoms with Crippen molar-refractivity contribution in [2.24, 2.45) is 5.84 Å². The molecule has 2 rings (SSSR count). The van der Waals surface area contributed by atoms with Crippen molar-refractivity contribution >= 4 is 5.82 Å². The summed E-state index contributed by atoms with van der Waals surface area (Å²) in [6.45, 7) is 0. The molecule has 0 saturated heterocycles. The zero-order chi connectivity index (χ0) is 13.9. The summed E-state index contributed by atoms with van der Waals surface area (Å²) < 4.78 is 37.1. The smallest absolute Gasteiger partial charge is 0.308 e. The molecule has 19 heavy (non-hydrogen) atoms. The van der Waals surface area contributed by atoms with E-state index in [0.29, 0.717) is 11.3 Å². The average Bonchev–Trinajstić information content (AvgIpc) is 2.37. The van der Waals surface area contributed by atoms with E-state index >= 15 is 0 Å². The number of hydrogen-bond donors (Lipinski definition) is 2. The summed E-state index contributed by atoms with van der Waals surface area (Å²) in [4.78, 5) is 7.61. The fourth-order valence-electron chi connectivity index (χ4n) is 1.59. The summed E-state index contributed by atoms with van der Waals surface area (Å²) in [6.07, 6.45) is -5.55. The van der Waals surface area contributed by atoms with Gasteiger partial charge >= 0.3 is 6.18 Å². The third-order valence-corrected chi connectivity index (χ3v) is 2.35. The molecule has 2 aromatic rings. The van der Waals surface area contributed by atoms with E-state index in [2.05, 4.69) is 15.4 Å². The number of hydrazine groups is 1. The number of anilines is 1. The second-order valence-corrected chi connectivity index (χ2v) is 3.86. The Balaban J connectivity index is 2.42. The molecule has 1 heterocycles. The highest BCUT2D eigenvalue weighted by atomic mass is 19.4. The van der Waals surface area contributed by atoms with E-state index in [1.165, 1.54) is 6.07 Å². The molecule has 0 atom stereocenters. The van der Waals surface area contributed by atoms with Gasteiger partial charge in [-0.15, -0.1) is 0 Å². The first kappa shape index (κ1) is 13.3. The minimum Gasteiger partial charge on any atom is -0.308 e. The minimum atomic E-state index is -4.36. The van der Waals surface area contributed by atoms with Crippen LogP contribution in [0.3, 0.4) is 0 Å². The van der Waals surface area contributed by atoms with E-state index in [4.69, 9.17) is 5.84 Å². The fourth-order valence-corrected chi connectivity index (χ4v) is 1.59. The second-order valence-electron chi connectivity index (χ2n) is 3.86. The third kappa shape index (κ3) is 3.65. The van der Waals surface area contributed by atoms with Crippen LogP contribution < -0.4 is 11.3 Å². The standard InChI is InChI=1S/C12H11F3N4/c13-12(14,15)7-11-17-9(6-10(18-11)19-16)8-4-2-1-3-5-8/h1-6H,7,16H2,(H,17,18,19). The van der Waals surface area contributed by atoms with Crippen molar-refractivity contribution in [1.29, 1.82) is 0 Å². The quantitative estimate of drug-likeness (QED) is 0.663. The lowest BCUT2D eigenvalue weighted by Crippen LogP contribution is -2.17. The number of nitrogens with two attached hydrogens (primary N) is 1. The predicted octanol–water partition coefficient (Wildman–Crippen LogP) is 2.53. The SMILES string of the molecule is NNc1cc(-c2ccccc2)nc(CC(F)(F)F)n1. The van der Waals surface area contributed by atoms with Crippen LogP contribution in [0.15, 0.2) is 36.4 Å². The molecule has 4 nitrogen and oxygen atoms in total. The Labute approximate surface area is 107 Å². The first-order valence-corrected chi connectivity index (χ1v) is 5.45. The Morgan fingerprint density at radius 2 is 1.79 bits per heavy atom. The number of benzene rings is 1. The van der Waals surface area contributed by atoms with Crippen molar-refractivity contribution in [2.75, 3.05) is 5.43 Å². The van der Waals surface area contributed by atoms with Gasteiger partial charge < -0.3 is 5.43 Å². The van der Waals surface area contributed by atoms with Gasteiger partial charge in [0.15, 0.2) is 0 Å². The lowest BCUT2D eigenvalue weighted by Gasteiger charge is -2.09. The van der Waals surface area contributed by atoms with Gasteiger partial charge in [-0.1, -0.05) is 30.3 Å². The van der Waals surface area contributed by atoms with Crippen LogP contribution in [0.25, 0.3) is 11.3 Å². The van der Waals surface area contributed by atoms with E-state index in [9.17, 15) is 13.2 Å². The first-order chi connectivity index (χ1) is 8.98. The average molecular weight is 268 g/mol. The summed E-state index contributed by atoms with van der Waals surface area (Å²) in [6, 6.07) is 10.4. The van der Waals surface area contributed by atoms with Crippen molar-refractivity contribution in [3.05, 3.63) is 42.2 Å². The number of halogens is 3. The Kier molecular flexibility index (Phi) is 3.66. The molecule has 0 aliphatic heterocycles. The maximum Gasteiger partial charge on any atom is 0.396 e. The van der Waals surface area contributed by atoms with Gasteiger partial charge in [-0.05, 0) is 0 Å². The van der Waals surface area contributed by atoms with Crippen molar-refractivity contribution in [3.63, 3.8) is 0 Å². The maximum atomic E-state index is 12.4. The lowest BCUT2D eigenvalue weighted by atomic mass is 10.1. The molecule has 0 saturated carbocycles. The maximum absolute atomic E-state index is 12.4. The van der Waals surface area contributed by atoms with Crippen LogP contribution >= 0.6 is 0 Å². The van der Waals surface area contributed by atoms with E-state index in [1.807, 2.05) is 6.07 Å². The number of nitrogens with zero attached hydrogens (tertiary/aromatic N) is 2. The molecule has 100 valence electrons. The highest BCUT2D eigenvalue weighted by molar-refractivity contribution is 5.62. The molecular weight excluding hydrogens is 257 g/mol. The van der Waals surface area contributed by atoms with Crippen molar-refractivity contribution in [2.45, 2.75) is 12.6 Å². The van der Waals surface area contributed by atoms with Crippen LogP contribution in [-0.2, 0) is 6.42 Å². The molecule has 1 aromatic carbocycles. The predicted molar refractivity (Wildman–Crippen MR) is 65.0 cm³/mol. The second kappa shape index (κ2) is 5.23. The summed E-state index contributed by atoms with van der Waals surface area (Å²) in [5.41, 5.74) is 3.34. The number of nitrogens with one attached hydrogen (secondary N) is 1. The lowest BCUT2D eigenvalue weighted by molar-refractivity contribution is -0.128. The van der Waals surface area contributed by atoms with Crippen molar-refractivity contribution in [3.8, 4) is 11.3 Å². The van der Waals surface area contributed by atoms with Gasteiger partial charge in [-0.2, -0.15) is 13.2 Å². The monoisotopic (exact) mass is 268 g/mol. The topological polar surface area (TPSA) is 63.8 Å². The molecular formula is C12H11F3N4. The van der Waals surface area contributed by atoms with Gasteiger partial charge in [-0.3, -0.25) is 0 Å². The molecule has 0 aliphatic carbocycles. The summed E-state index contributed by atoms with van der Waals surface area (Å²) in [5.74, 6) is 5.04. The molecule has 0 unspecified atom stereocenters. The van der Waals surface area contributed by atoms with Crippen LogP contribution in [0, 0.1) is 0 Å². The zero-order valence-corrected chi connectivity index (χ0v) is 9.78. The van der Waals surface area contributed by atoms with Crippen LogP contribution in [0.4, 0.5) is 19.0 Å². The molecule has 7 heteroatoms. The Hall–Kier alpha value is -2.15. The fraction of sp³-hybridized carbons (Fsp3) is 0.167. The molecule has 0 radical (unpaired) electrons. The van der Waals surface area contributed by atoms with Gasteiger partial charge in [0.05, 0.1) is 5.69 Å². The largest absolute Gasteiger partial charge is 0.396 e. The Bertz CT molecular complexity index is 555. The van der Waals surface area contributed by atoms with Gasteiger partial charge in [0, 0.05) is 11.6 Å². The van der Waals surface area contributed by atoms with Crippen molar-refractivity contribution < 1.29 is 13.2 Å². The third-order valence-electron chi connectivity index (χ3n) is 2.35. The summed E-state index contributed by atoms with van der Waals surface area (Å²) >= 11 is 0. The van der Waals surface area contributed by atoms with Gasteiger partial charge in [0.1, 0.15) is 18.1 Å². The number of alkyl halides is 3. The van der Waals surface area contributed by atoms with Gasteiger partial charge in [0.2, 0.25) is 0 Å². The number of hydrogen-bond acceptors (Lipinski definition) is 4. The molecule has 3 N–H and O–H groups in total. The molecule has 0 amide bonds. The van der Waals surface area contributed by atoms with E-state index in [0.717, 1.165) is 0 Å². The number of nitrogen functional groups attached to an aromatic ring is 1. The molecule has 0 fully saturated rings. The zero-order valence-electron chi connectivity index (χ0n) is 9.78. The van der Waals surface area contributed by atoms with Crippen LogP contribution in [-0.4, -0.2) is 16.1 Å². The van der Waals surface area contributed by atoms with Crippen molar-refractivity contribution in [1.82, 2.24) is 9.97 Å². The molecule has 0 bridgehead atoms. The number of rotatable bonds is 3. The number of aromatic nitrogens is 2. The van der Waals surface area contributed by atoms with Gasteiger partial charge in [-0.25, -0.2) is 15.8 Å². The van der Waals surface area contributed by atoms with E-state index in [-0.39, 0.29) is 11.6 Å². The minimum absolute atomic E-state index is 0.146. The van der Waals surface area contributed by atoms with Crippen LogP contribution in [0.5, 0.6) is 0 Å². The van der Waals surface area contributed by atoms with E-state index in [1.54, 1.807) is 24.3 Å². The molecule has 1 aromatic heterocycles. The normalized spacial score (nSPS) is 11.4. The van der Waals surface area contributed by atoms with Crippen LogP contribution in [0.1, 0.15) is 5.82 Å². The first-order valence-electron chi connectivity index (χ1n) is 5.45. The summed E-state index contributed by atoms with van der Waals surface area (Å²) in [7, 11) is 0. The van der Waals surface area contributed by atoms with E-state index < -0.39 is 12.6 Å². The summed E-state index contributed by atoms with van der Waals surface area (Å²) in [5, 5.41) is 0. The highest BCUT2D eigenvalue weighted by Gasteiger charge is 2.29. The molecule has 0 aliphatic rings.